The first-order valence-corrected chi connectivity index (χ1v) is 12.5. The fraction of sp³-hybridized carbons (Fsp3) is 0.385. The molecule has 3 aromatic heterocycles. The lowest BCUT2D eigenvalue weighted by molar-refractivity contribution is -0.147. The van der Waals surface area contributed by atoms with E-state index in [0.29, 0.717) is 17.2 Å². The van der Waals surface area contributed by atoms with Crippen molar-refractivity contribution in [1.82, 2.24) is 29.3 Å². The van der Waals surface area contributed by atoms with E-state index < -0.39 is 40.5 Å². The third-order valence-electron chi connectivity index (χ3n) is 6.98. The number of rotatable bonds is 4. The van der Waals surface area contributed by atoms with E-state index in [0.717, 1.165) is 31.5 Å². The monoisotopic (exact) mass is 554 g/mol. The van der Waals surface area contributed by atoms with Gasteiger partial charge in [0.1, 0.15) is 23.1 Å². The van der Waals surface area contributed by atoms with E-state index in [9.17, 15) is 18.0 Å². The van der Waals surface area contributed by atoms with Crippen LogP contribution >= 0.6 is 0 Å². The first-order valence-electron chi connectivity index (χ1n) is 12.5. The summed E-state index contributed by atoms with van der Waals surface area (Å²) in [6.45, 7) is 2.42. The lowest BCUT2D eigenvalue weighted by Crippen LogP contribution is -2.44. The zero-order valence-corrected chi connectivity index (χ0v) is 21.4. The second kappa shape index (κ2) is 9.37. The molecule has 1 aliphatic heterocycles. The van der Waals surface area contributed by atoms with Gasteiger partial charge in [-0.1, -0.05) is 0 Å². The Morgan fingerprint density at radius 3 is 2.58 bits per heavy atom. The van der Waals surface area contributed by atoms with Gasteiger partial charge in [-0.2, -0.15) is 23.5 Å². The van der Waals surface area contributed by atoms with Crippen LogP contribution in [0.15, 0.2) is 35.4 Å². The molecule has 2 fully saturated rings. The normalized spacial score (nSPS) is 19.7. The van der Waals surface area contributed by atoms with Crippen LogP contribution in [-0.2, 0) is 18.0 Å². The summed E-state index contributed by atoms with van der Waals surface area (Å²) in [6.07, 6.45) is 0.109. The molecule has 1 aromatic carbocycles. The lowest BCUT2D eigenvalue weighted by Gasteiger charge is -2.36. The van der Waals surface area contributed by atoms with Gasteiger partial charge in [-0.05, 0) is 38.0 Å². The molecule has 1 aliphatic carbocycles. The molecule has 1 saturated heterocycles. The Balaban J connectivity index is 1.51. The molecule has 40 heavy (non-hydrogen) atoms. The minimum absolute atomic E-state index is 0.0104. The van der Waals surface area contributed by atoms with Crippen LogP contribution in [0.1, 0.15) is 48.9 Å². The predicted octanol–water partition coefficient (Wildman–Crippen LogP) is 3.92. The molecule has 6 rings (SSSR count). The molecule has 14 heteroatoms. The maximum atomic E-state index is 15.2. The highest BCUT2D eigenvalue weighted by Gasteiger charge is 2.38. The van der Waals surface area contributed by atoms with Crippen LogP contribution in [0.25, 0.3) is 22.3 Å². The summed E-state index contributed by atoms with van der Waals surface area (Å²) >= 11 is 0. The van der Waals surface area contributed by atoms with Gasteiger partial charge >= 0.3 is 6.18 Å². The maximum absolute atomic E-state index is 15.2. The van der Waals surface area contributed by atoms with Gasteiger partial charge in [0, 0.05) is 30.9 Å². The topological polar surface area (TPSA) is 115 Å². The van der Waals surface area contributed by atoms with E-state index in [2.05, 4.69) is 20.1 Å². The molecule has 206 valence electrons. The Kier molecular flexibility index (Phi) is 6.06. The highest BCUT2D eigenvalue weighted by atomic mass is 19.4. The Morgan fingerprint density at radius 1 is 1.12 bits per heavy atom. The number of halogens is 4. The summed E-state index contributed by atoms with van der Waals surface area (Å²) in [5.41, 5.74) is -1.60. The van der Waals surface area contributed by atoms with Crippen molar-refractivity contribution in [2.24, 2.45) is 7.05 Å². The first kappa shape index (κ1) is 25.9. The fourth-order valence-corrected chi connectivity index (χ4v) is 4.85. The van der Waals surface area contributed by atoms with Gasteiger partial charge in [-0.3, -0.25) is 14.0 Å². The van der Waals surface area contributed by atoms with Gasteiger partial charge in [0.2, 0.25) is 11.8 Å². The zero-order valence-electron chi connectivity index (χ0n) is 21.4. The number of nitriles is 1. The molecule has 1 saturated carbocycles. The quantitative estimate of drug-likeness (QED) is 0.349. The van der Waals surface area contributed by atoms with Crippen molar-refractivity contribution in [1.29, 1.82) is 5.26 Å². The molecule has 10 nitrogen and oxygen atoms in total. The number of aromatic nitrogens is 6. The SMILES string of the molecule is CC1CN(c2nc(-c3ccc(C#N)cc3F)c3nc(C(F)(F)F)n(C)c(=O)c3n2)CC(c2cnn(C3CC3)c2)O1. The third kappa shape index (κ3) is 4.56. The highest BCUT2D eigenvalue weighted by Crippen LogP contribution is 2.36. The molecule has 0 spiro atoms. The van der Waals surface area contributed by atoms with Gasteiger partial charge in [0.25, 0.3) is 5.56 Å². The van der Waals surface area contributed by atoms with Crippen LogP contribution in [0, 0.1) is 17.1 Å². The predicted molar refractivity (Wildman–Crippen MR) is 134 cm³/mol. The fourth-order valence-electron chi connectivity index (χ4n) is 4.85. The largest absolute Gasteiger partial charge is 0.449 e. The average Bonchev–Trinajstić information content (AvgIpc) is 3.65. The number of benzene rings is 1. The smallest absolute Gasteiger partial charge is 0.367 e. The summed E-state index contributed by atoms with van der Waals surface area (Å²) in [6, 6.07) is 5.67. The van der Waals surface area contributed by atoms with Crippen LogP contribution < -0.4 is 10.5 Å². The number of anilines is 1. The lowest BCUT2D eigenvalue weighted by atomic mass is 10.1. The third-order valence-corrected chi connectivity index (χ3v) is 6.98. The number of nitrogens with zero attached hydrogens (tertiary/aromatic N) is 8. The number of fused-ring (bicyclic) bond motifs is 1. The molecular formula is C26H22F4N8O2. The number of alkyl halides is 3. The van der Waals surface area contributed by atoms with Crippen molar-refractivity contribution in [2.75, 3.05) is 18.0 Å². The Labute approximate surface area is 224 Å². The van der Waals surface area contributed by atoms with E-state index >= 15 is 4.39 Å². The summed E-state index contributed by atoms with van der Waals surface area (Å²) in [7, 11) is 0.950. The molecule has 4 heterocycles. The molecular weight excluding hydrogens is 532 g/mol. The summed E-state index contributed by atoms with van der Waals surface area (Å²) in [5, 5.41) is 13.6. The summed E-state index contributed by atoms with van der Waals surface area (Å²) in [5.74, 6) is -2.36. The summed E-state index contributed by atoms with van der Waals surface area (Å²) < 4.78 is 64.8. The molecule has 4 aromatic rings. The molecule has 2 aliphatic rings. The van der Waals surface area contributed by atoms with Gasteiger partial charge in [-0.15, -0.1) is 0 Å². The van der Waals surface area contributed by atoms with Crippen molar-refractivity contribution in [2.45, 2.75) is 44.2 Å². The van der Waals surface area contributed by atoms with Gasteiger partial charge < -0.3 is 9.64 Å². The first-order chi connectivity index (χ1) is 19.0. The number of morpholine rings is 1. The van der Waals surface area contributed by atoms with Crippen LogP contribution in [0.3, 0.4) is 0 Å². The van der Waals surface area contributed by atoms with Gasteiger partial charge in [0.05, 0.1) is 36.5 Å². The number of hydrogen-bond acceptors (Lipinski definition) is 8. The van der Waals surface area contributed by atoms with Gasteiger partial charge in [-0.25, -0.2) is 19.3 Å². The highest BCUT2D eigenvalue weighted by molar-refractivity contribution is 5.90. The molecule has 2 atom stereocenters. The van der Waals surface area contributed by atoms with Crippen LogP contribution in [0.4, 0.5) is 23.5 Å². The van der Waals surface area contributed by atoms with E-state index in [4.69, 9.17) is 10.00 Å². The Hall–Kier alpha value is -4.38. The maximum Gasteiger partial charge on any atom is 0.449 e. The second-order valence-corrected chi connectivity index (χ2v) is 10.00. The van der Waals surface area contributed by atoms with Crippen molar-refractivity contribution in [3.05, 3.63) is 63.7 Å². The minimum atomic E-state index is -4.96. The van der Waals surface area contributed by atoms with Crippen molar-refractivity contribution in [3.8, 4) is 17.3 Å². The molecule has 0 N–H and O–H groups in total. The van der Waals surface area contributed by atoms with E-state index in [1.807, 2.05) is 23.9 Å². The molecule has 0 amide bonds. The standard InChI is InChI=1S/C26H22F4N8O2/c1-13-10-37(12-19(40-13)15-9-32-38(11-15)16-4-5-16)25-34-20(17-6-3-14(8-31)7-18(17)27)21-22(35-25)23(39)36(2)24(33-21)26(28,29)30/h3,6-7,9,11,13,16,19H,4-5,10,12H2,1-2H3. The van der Waals surface area contributed by atoms with Crippen LogP contribution in [0.5, 0.6) is 0 Å². The Morgan fingerprint density at radius 2 is 1.90 bits per heavy atom. The van der Waals surface area contributed by atoms with Gasteiger partial charge in [0.15, 0.2) is 5.52 Å². The number of hydrogen-bond donors (Lipinski definition) is 0. The van der Waals surface area contributed by atoms with E-state index in [1.54, 1.807) is 11.1 Å². The average molecular weight is 555 g/mol. The van der Waals surface area contributed by atoms with E-state index in [-0.39, 0.29) is 35.4 Å². The zero-order chi connectivity index (χ0) is 28.3. The number of ether oxygens (including phenoxy) is 1. The summed E-state index contributed by atoms with van der Waals surface area (Å²) in [4.78, 5) is 27.4. The van der Waals surface area contributed by atoms with Crippen molar-refractivity contribution < 1.29 is 22.3 Å². The van der Waals surface area contributed by atoms with Crippen molar-refractivity contribution >= 4 is 17.0 Å². The molecule has 2 unspecified atom stereocenters. The second-order valence-electron chi connectivity index (χ2n) is 10.00. The Bertz CT molecular complexity index is 1740. The molecule has 0 radical (unpaired) electrons. The van der Waals surface area contributed by atoms with E-state index in [1.165, 1.54) is 12.1 Å². The van der Waals surface area contributed by atoms with Crippen LogP contribution in [-0.4, -0.2) is 48.5 Å². The molecule has 0 bridgehead atoms. The van der Waals surface area contributed by atoms with Crippen LogP contribution in [0.2, 0.25) is 0 Å². The minimum Gasteiger partial charge on any atom is -0.367 e. The van der Waals surface area contributed by atoms with Crippen molar-refractivity contribution in [3.63, 3.8) is 0 Å².